The number of nitrogens with zero attached hydrogens (tertiary/aromatic N) is 1. The number of benzene rings is 1. The predicted octanol–water partition coefficient (Wildman–Crippen LogP) is 2.94. The lowest BCUT2D eigenvalue weighted by Gasteiger charge is -2.31. The van der Waals surface area contributed by atoms with E-state index >= 15 is 0 Å². The Labute approximate surface area is 112 Å². The number of hydrogen-bond acceptors (Lipinski definition) is 2. The minimum absolute atomic E-state index is 0.0732. The topological polar surface area (TPSA) is 40.5 Å². The fourth-order valence-corrected chi connectivity index (χ4v) is 3.49. The van der Waals surface area contributed by atoms with Crippen LogP contribution in [0.1, 0.15) is 42.5 Å². The molecule has 3 nitrogen and oxygen atoms in total. The van der Waals surface area contributed by atoms with E-state index in [9.17, 15) is 14.3 Å². The van der Waals surface area contributed by atoms with Crippen molar-refractivity contribution in [3.05, 3.63) is 29.6 Å². The van der Waals surface area contributed by atoms with Gasteiger partial charge in [-0.15, -0.1) is 0 Å². The molecule has 1 aromatic rings. The van der Waals surface area contributed by atoms with Gasteiger partial charge in [-0.2, -0.15) is 0 Å². The molecule has 2 unspecified atom stereocenters. The van der Waals surface area contributed by atoms with Crippen LogP contribution in [-0.4, -0.2) is 28.5 Å². The van der Waals surface area contributed by atoms with Crippen molar-refractivity contribution in [1.29, 1.82) is 0 Å². The molecule has 0 aromatic heterocycles. The first kappa shape index (κ1) is 12.5. The Hall–Kier alpha value is -1.58. The second kappa shape index (κ2) is 4.83. The van der Waals surface area contributed by atoms with Gasteiger partial charge in [0.05, 0.1) is 5.56 Å². The van der Waals surface area contributed by atoms with Gasteiger partial charge in [-0.25, -0.2) is 4.39 Å². The fourth-order valence-electron chi connectivity index (χ4n) is 3.49. The molecule has 2 fully saturated rings. The minimum atomic E-state index is -0.635. The van der Waals surface area contributed by atoms with Gasteiger partial charge in [0.2, 0.25) is 0 Å². The average molecular weight is 263 g/mol. The summed E-state index contributed by atoms with van der Waals surface area (Å²) in [6.07, 6.45) is 5.67. The Bertz CT molecular complexity index is 503. The zero-order valence-electron chi connectivity index (χ0n) is 10.8. The van der Waals surface area contributed by atoms with Crippen molar-refractivity contribution in [1.82, 2.24) is 4.90 Å². The van der Waals surface area contributed by atoms with Gasteiger partial charge < -0.3 is 10.0 Å². The van der Waals surface area contributed by atoms with E-state index in [0.29, 0.717) is 5.92 Å². The van der Waals surface area contributed by atoms with Gasteiger partial charge in [0, 0.05) is 18.7 Å². The molecule has 1 saturated heterocycles. The normalized spacial score (nSPS) is 26.3. The number of hydrogen-bond donors (Lipinski definition) is 1. The summed E-state index contributed by atoms with van der Waals surface area (Å²) in [6, 6.07) is 4.03. The zero-order valence-corrected chi connectivity index (χ0v) is 10.8. The van der Waals surface area contributed by atoms with E-state index < -0.39 is 5.82 Å². The summed E-state index contributed by atoms with van der Waals surface area (Å²) in [5.74, 6) is -0.417. The molecule has 0 radical (unpaired) electrons. The molecular formula is C15H18FNO2. The van der Waals surface area contributed by atoms with E-state index in [-0.39, 0.29) is 23.3 Å². The van der Waals surface area contributed by atoms with Crippen LogP contribution in [0.2, 0.25) is 0 Å². The Morgan fingerprint density at radius 1 is 1.26 bits per heavy atom. The molecule has 19 heavy (non-hydrogen) atoms. The van der Waals surface area contributed by atoms with E-state index in [1.54, 1.807) is 0 Å². The van der Waals surface area contributed by atoms with Crippen LogP contribution in [0.3, 0.4) is 0 Å². The molecule has 1 heterocycles. The summed E-state index contributed by atoms with van der Waals surface area (Å²) in [5.41, 5.74) is 0.0732. The Balaban J connectivity index is 1.83. The van der Waals surface area contributed by atoms with Crippen molar-refractivity contribution < 1.29 is 14.3 Å². The monoisotopic (exact) mass is 263 g/mol. The molecule has 0 bridgehead atoms. The van der Waals surface area contributed by atoms with E-state index in [0.717, 1.165) is 31.9 Å². The average Bonchev–Trinajstić information content (AvgIpc) is 2.82. The molecular weight excluding hydrogens is 245 g/mol. The first-order valence-corrected chi connectivity index (χ1v) is 6.96. The third-order valence-corrected chi connectivity index (χ3v) is 4.45. The smallest absolute Gasteiger partial charge is 0.257 e. The number of carbonyl (C=O) groups is 1. The highest BCUT2D eigenvalue weighted by molar-refractivity contribution is 5.95. The predicted molar refractivity (Wildman–Crippen MR) is 69.5 cm³/mol. The standard InChI is InChI=1S/C15H18FNO2/c16-13-9-11(18)5-6-12(13)15(19)17-8-7-10-3-1-2-4-14(10)17/h5-6,9-10,14,18H,1-4,7-8H2. The molecule has 0 spiro atoms. The van der Waals surface area contributed by atoms with Crippen LogP contribution in [0.15, 0.2) is 18.2 Å². The molecule has 1 amide bonds. The van der Waals surface area contributed by atoms with Crippen molar-refractivity contribution in [3.8, 4) is 5.75 Å². The quantitative estimate of drug-likeness (QED) is 0.846. The first-order chi connectivity index (χ1) is 9.16. The van der Waals surface area contributed by atoms with Gasteiger partial charge in [-0.05, 0) is 37.3 Å². The van der Waals surface area contributed by atoms with Gasteiger partial charge in [0.1, 0.15) is 11.6 Å². The highest BCUT2D eigenvalue weighted by Gasteiger charge is 2.38. The molecule has 3 rings (SSSR count). The fraction of sp³-hybridized carbons (Fsp3) is 0.533. The van der Waals surface area contributed by atoms with Gasteiger partial charge in [0.15, 0.2) is 0 Å². The number of fused-ring (bicyclic) bond motifs is 1. The van der Waals surface area contributed by atoms with Crippen LogP contribution in [0.25, 0.3) is 0 Å². The Morgan fingerprint density at radius 3 is 2.84 bits per heavy atom. The second-order valence-corrected chi connectivity index (χ2v) is 5.56. The summed E-state index contributed by atoms with van der Waals surface area (Å²) in [6.45, 7) is 0.731. The van der Waals surface area contributed by atoms with E-state index in [1.807, 2.05) is 4.90 Å². The van der Waals surface area contributed by atoms with E-state index in [1.165, 1.54) is 25.0 Å². The summed E-state index contributed by atoms with van der Waals surface area (Å²) >= 11 is 0. The van der Waals surface area contributed by atoms with E-state index in [4.69, 9.17) is 0 Å². The molecule has 1 saturated carbocycles. The summed E-state index contributed by atoms with van der Waals surface area (Å²) in [4.78, 5) is 14.3. The largest absolute Gasteiger partial charge is 0.508 e. The van der Waals surface area contributed by atoms with Crippen LogP contribution in [0, 0.1) is 11.7 Å². The van der Waals surface area contributed by atoms with Gasteiger partial charge in [-0.1, -0.05) is 12.8 Å². The van der Waals surface area contributed by atoms with Gasteiger partial charge in [0.25, 0.3) is 5.91 Å². The number of phenolic OH excluding ortho intramolecular Hbond substituents is 1. The van der Waals surface area contributed by atoms with Gasteiger partial charge >= 0.3 is 0 Å². The number of carbonyl (C=O) groups excluding carboxylic acids is 1. The maximum atomic E-state index is 13.8. The van der Waals surface area contributed by atoms with Crippen molar-refractivity contribution >= 4 is 5.91 Å². The summed E-state index contributed by atoms with van der Waals surface area (Å²) in [5, 5.41) is 9.21. The summed E-state index contributed by atoms with van der Waals surface area (Å²) in [7, 11) is 0. The molecule has 1 aromatic carbocycles. The highest BCUT2D eigenvalue weighted by Crippen LogP contribution is 2.37. The molecule has 1 aliphatic carbocycles. The van der Waals surface area contributed by atoms with Crippen LogP contribution in [0.4, 0.5) is 4.39 Å². The number of phenols is 1. The maximum absolute atomic E-state index is 13.8. The molecule has 102 valence electrons. The van der Waals surface area contributed by atoms with E-state index in [2.05, 4.69) is 0 Å². The number of likely N-dealkylation sites (tertiary alicyclic amines) is 1. The number of halogens is 1. The molecule has 1 aliphatic heterocycles. The lowest BCUT2D eigenvalue weighted by Crippen LogP contribution is -2.39. The van der Waals surface area contributed by atoms with Crippen LogP contribution < -0.4 is 0 Å². The van der Waals surface area contributed by atoms with Crippen LogP contribution in [0.5, 0.6) is 5.75 Å². The second-order valence-electron chi connectivity index (χ2n) is 5.56. The highest BCUT2D eigenvalue weighted by atomic mass is 19.1. The Kier molecular flexibility index (Phi) is 3.17. The Morgan fingerprint density at radius 2 is 2.05 bits per heavy atom. The first-order valence-electron chi connectivity index (χ1n) is 6.96. The lowest BCUT2D eigenvalue weighted by molar-refractivity contribution is 0.0685. The van der Waals surface area contributed by atoms with Gasteiger partial charge in [-0.3, -0.25) is 4.79 Å². The third-order valence-electron chi connectivity index (χ3n) is 4.45. The van der Waals surface area contributed by atoms with Crippen molar-refractivity contribution in [2.75, 3.05) is 6.54 Å². The maximum Gasteiger partial charge on any atom is 0.257 e. The van der Waals surface area contributed by atoms with Crippen LogP contribution in [-0.2, 0) is 0 Å². The molecule has 2 aliphatic rings. The number of aromatic hydroxyl groups is 1. The van der Waals surface area contributed by atoms with Crippen molar-refractivity contribution in [2.45, 2.75) is 38.1 Å². The molecule has 1 N–H and O–H groups in total. The number of amides is 1. The minimum Gasteiger partial charge on any atom is -0.508 e. The third kappa shape index (κ3) is 2.20. The van der Waals surface area contributed by atoms with Crippen molar-refractivity contribution in [2.24, 2.45) is 5.92 Å². The molecule has 4 heteroatoms. The number of rotatable bonds is 1. The van der Waals surface area contributed by atoms with Crippen LogP contribution >= 0.6 is 0 Å². The lowest BCUT2D eigenvalue weighted by atomic mass is 9.85. The summed E-state index contributed by atoms with van der Waals surface area (Å²) < 4.78 is 13.8. The van der Waals surface area contributed by atoms with Crippen molar-refractivity contribution in [3.63, 3.8) is 0 Å². The molecule has 2 atom stereocenters. The zero-order chi connectivity index (χ0) is 13.4. The SMILES string of the molecule is O=C(c1ccc(O)cc1F)N1CCC2CCCCC21.